The molecule has 0 spiro atoms. The van der Waals surface area contributed by atoms with Crippen LogP contribution in [0.5, 0.6) is 0 Å². The predicted octanol–water partition coefficient (Wildman–Crippen LogP) is 2.54. The third-order valence-corrected chi connectivity index (χ3v) is 5.68. The average molecular weight is 355 g/mol. The number of nitrogens with zero attached hydrogens (tertiary/aromatic N) is 5. The molecule has 0 saturated carbocycles. The molecule has 130 valence electrons. The molecule has 0 bridgehead atoms. The van der Waals surface area contributed by atoms with Crippen LogP contribution in [0.2, 0.25) is 0 Å². The first-order valence-corrected chi connectivity index (χ1v) is 9.47. The Balaban J connectivity index is 1.53. The molecular weight excluding hydrogens is 334 g/mol. The number of rotatable bonds is 3. The van der Waals surface area contributed by atoms with Crippen molar-refractivity contribution < 1.29 is 0 Å². The summed E-state index contributed by atoms with van der Waals surface area (Å²) in [5.74, 6) is 1.24. The van der Waals surface area contributed by atoms with E-state index in [9.17, 15) is 4.79 Å². The number of likely N-dealkylation sites (tertiary alicyclic amines) is 1. The average Bonchev–Trinajstić information content (AvgIpc) is 2.96. The lowest BCUT2D eigenvalue weighted by molar-refractivity contribution is 0.196. The Morgan fingerprint density at radius 3 is 3.04 bits per heavy atom. The van der Waals surface area contributed by atoms with E-state index in [1.807, 2.05) is 31.5 Å². The molecule has 0 amide bonds. The number of hydrogen-bond acceptors (Lipinski definition) is 6. The highest BCUT2D eigenvalue weighted by Crippen LogP contribution is 2.26. The van der Waals surface area contributed by atoms with Gasteiger partial charge in [0.25, 0.3) is 5.56 Å². The lowest BCUT2D eigenvalue weighted by Crippen LogP contribution is -2.35. The van der Waals surface area contributed by atoms with Crippen LogP contribution in [0.15, 0.2) is 28.5 Å². The van der Waals surface area contributed by atoms with Gasteiger partial charge >= 0.3 is 0 Å². The molecule has 4 heterocycles. The molecule has 0 aliphatic carbocycles. The summed E-state index contributed by atoms with van der Waals surface area (Å²) in [5, 5.41) is 1.97. The molecule has 0 aromatic carbocycles. The topological polar surface area (TPSA) is 63.4 Å². The summed E-state index contributed by atoms with van der Waals surface area (Å²) in [4.78, 5) is 29.0. The molecule has 1 saturated heterocycles. The number of aromatic nitrogens is 4. The quantitative estimate of drug-likeness (QED) is 0.722. The minimum absolute atomic E-state index is 0.0127. The van der Waals surface area contributed by atoms with E-state index < -0.39 is 0 Å². The van der Waals surface area contributed by atoms with E-state index in [1.165, 1.54) is 11.3 Å². The predicted molar refractivity (Wildman–Crippen MR) is 98.1 cm³/mol. The highest BCUT2D eigenvalue weighted by atomic mass is 32.1. The van der Waals surface area contributed by atoms with Gasteiger partial charge in [-0.3, -0.25) is 14.1 Å². The first kappa shape index (κ1) is 16.4. The van der Waals surface area contributed by atoms with Crippen LogP contribution in [0, 0.1) is 13.8 Å². The smallest absolute Gasteiger partial charge is 0.259 e. The standard InChI is InChI=1S/C18H21N5OS/c1-12-11-25-18-21-15(8-17(24)23(12)18)10-22-7-3-4-14(9-22)16-5-6-19-13(2)20-16/h5-6,8,11,14H,3-4,7,9-10H2,1-2H3. The van der Waals surface area contributed by atoms with E-state index in [0.29, 0.717) is 12.5 Å². The molecule has 1 fully saturated rings. The molecule has 1 atom stereocenters. The minimum Gasteiger partial charge on any atom is -0.297 e. The fourth-order valence-corrected chi connectivity index (χ4v) is 4.44. The van der Waals surface area contributed by atoms with Crippen molar-refractivity contribution in [1.29, 1.82) is 0 Å². The number of piperidine rings is 1. The van der Waals surface area contributed by atoms with Gasteiger partial charge in [0, 0.05) is 48.0 Å². The molecular formula is C18H21N5OS. The lowest BCUT2D eigenvalue weighted by Gasteiger charge is -2.32. The maximum absolute atomic E-state index is 12.3. The van der Waals surface area contributed by atoms with Crippen LogP contribution in [0.25, 0.3) is 4.96 Å². The van der Waals surface area contributed by atoms with E-state index in [1.54, 1.807) is 10.5 Å². The molecule has 1 unspecified atom stereocenters. The zero-order valence-electron chi connectivity index (χ0n) is 14.5. The maximum Gasteiger partial charge on any atom is 0.259 e. The summed E-state index contributed by atoms with van der Waals surface area (Å²) in [5.41, 5.74) is 2.93. The zero-order valence-corrected chi connectivity index (χ0v) is 15.3. The Morgan fingerprint density at radius 2 is 2.20 bits per heavy atom. The second kappa shape index (κ2) is 6.65. The van der Waals surface area contributed by atoms with Crippen molar-refractivity contribution in [3.63, 3.8) is 0 Å². The Morgan fingerprint density at radius 1 is 1.32 bits per heavy atom. The highest BCUT2D eigenvalue weighted by molar-refractivity contribution is 7.15. The van der Waals surface area contributed by atoms with Crippen LogP contribution in [0.1, 0.15) is 41.7 Å². The van der Waals surface area contributed by atoms with Crippen LogP contribution in [-0.4, -0.2) is 37.3 Å². The summed E-state index contributed by atoms with van der Waals surface area (Å²) in [7, 11) is 0. The van der Waals surface area contributed by atoms with Gasteiger partial charge in [-0.25, -0.2) is 15.0 Å². The Bertz CT molecular complexity index is 963. The van der Waals surface area contributed by atoms with E-state index >= 15 is 0 Å². The van der Waals surface area contributed by atoms with E-state index in [-0.39, 0.29) is 5.56 Å². The van der Waals surface area contributed by atoms with Crippen molar-refractivity contribution in [1.82, 2.24) is 24.3 Å². The van der Waals surface area contributed by atoms with Gasteiger partial charge in [0.05, 0.1) is 5.69 Å². The monoisotopic (exact) mass is 355 g/mol. The number of thiazole rings is 1. The number of hydrogen-bond donors (Lipinski definition) is 0. The Hall–Kier alpha value is -2.12. The van der Waals surface area contributed by atoms with Gasteiger partial charge in [0.2, 0.25) is 0 Å². The van der Waals surface area contributed by atoms with Gasteiger partial charge in [0.1, 0.15) is 5.82 Å². The molecule has 3 aromatic heterocycles. The van der Waals surface area contributed by atoms with Crippen molar-refractivity contribution in [2.75, 3.05) is 13.1 Å². The van der Waals surface area contributed by atoms with E-state index in [2.05, 4.69) is 19.9 Å². The van der Waals surface area contributed by atoms with Crippen LogP contribution in [0.4, 0.5) is 0 Å². The second-order valence-corrected chi connectivity index (χ2v) is 7.52. The van der Waals surface area contributed by atoms with Crippen molar-refractivity contribution in [3.05, 3.63) is 57.0 Å². The molecule has 6 nitrogen and oxygen atoms in total. The second-order valence-electron chi connectivity index (χ2n) is 6.68. The summed E-state index contributed by atoms with van der Waals surface area (Å²) in [6.07, 6.45) is 4.12. The van der Waals surface area contributed by atoms with Crippen LogP contribution in [-0.2, 0) is 6.54 Å². The van der Waals surface area contributed by atoms with Gasteiger partial charge in [-0.05, 0) is 39.3 Å². The molecule has 0 N–H and O–H groups in total. The number of fused-ring (bicyclic) bond motifs is 1. The van der Waals surface area contributed by atoms with Gasteiger partial charge in [-0.2, -0.15) is 0 Å². The summed E-state index contributed by atoms with van der Waals surface area (Å²) in [6.45, 7) is 6.56. The largest absolute Gasteiger partial charge is 0.297 e. The van der Waals surface area contributed by atoms with Crippen molar-refractivity contribution in [3.8, 4) is 0 Å². The van der Waals surface area contributed by atoms with E-state index in [4.69, 9.17) is 0 Å². The molecule has 25 heavy (non-hydrogen) atoms. The maximum atomic E-state index is 12.3. The zero-order chi connectivity index (χ0) is 17.4. The van der Waals surface area contributed by atoms with Gasteiger partial charge < -0.3 is 0 Å². The van der Waals surface area contributed by atoms with Gasteiger partial charge in [0.15, 0.2) is 4.96 Å². The minimum atomic E-state index is 0.0127. The van der Waals surface area contributed by atoms with E-state index in [0.717, 1.165) is 53.8 Å². The molecule has 1 aliphatic rings. The Labute approximate surface area is 150 Å². The third kappa shape index (κ3) is 3.34. The van der Waals surface area contributed by atoms with Crippen LogP contribution >= 0.6 is 11.3 Å². The SMILES string of the molecule is Cc1nccc(C2CCCN(Cc3cc(=O)n4c(C)csc4n3)C2)n1. The normalized spacial score (nSPS) is 18.7. The first-order chi connectivity index (χ1) is 12.1. The Kier molecular flexibility index (Phi) is 4.35. The van der Waals surface area contributed by atoms with Gasteiger partial charge in [-0.15, -0.1) is 11.3 Å². The fraction of sp³-hybridized carbons (Fsp3) is 0.444. The molecule has 3 aromatic rings. The molecule has 0 radical (unpaired) electrons. The number of aryl methyl sites for hydroxylation is 2. The first-order valence-electron chi connectivity index (χ1n) is 8.59. The molecule has 7 heteroatoms. The van der Waals surface area contributed by atoms with Gasteiger partial charge in [-0.1, -0.05) is 0 Å². The van der Waals surface area contributed by atoms with Crippen molar-refractivity contribution in [2.45, 2.75) is 39.2 Å². The summed E-state index contributed by atoms with van der Waals surface area (Å²) < 4.78 is 1.68. The van der Waals surface area contributed by atoms with Crippen molar-refractivity contribution >= 4 is 16.3 Å². The lowest BCUT2D eigenvalue weighted by atomic mass is 9.94. The summed E-state index contributed by atoms with van der Waals surface area (Å²) >= 11 is 1.52. The highest BCUT2D eigenvalue weighted by Gasteiger charge is 2.23. The van der Waals surface area contributed by atoms with Crippen LogP contribution in [0.3, 0.4) is 0 Å². The summed E-state index contributed by atoms with van der Waals surface area (Å²) in [6, 6.07) is 3.69. The third-order valence-electron chi connectivity index (χ3n) is 4.74. The van der Waals surface area contributed by atoms with Crippen molar-refractivity contribution in [2.24, 2.45) is 0 Å². The fourth-order valence-electron chi connectivity index (χ4n) is 3.55. The molecule has 4 rings (SSSR count). The molecule has 1 aliphatic heterocycles. The van der Waals surface area contributed by atoms with Crippen LogP contribution < -0.4 is 5.56 Å².